The predicted molar refractivity (Wildman–Crippen MR) is 70.3 cm³/mol. The van der Waals surface area contributed by atoms with Crippen molar-refractivity contribution in [2.24, 2.45) is 0 Å². The molecule has 1 N–H and O–H groups in total. The molecular formula is C14H15F3N2. The summed E-state index contributed by atoms with van der Waals surface area (Å²) in [6.07, 6.45) is -3.59. The minimum Gasteiger partial charge on any atom is -0.384 e. The van der Waals surface area contributed by atoms with E-state index in [9.17, 15) is 13.2 Å². The number of rotatable bonds is 3. The zero-order valence-electron chi connectivity index (χ0n) is 10.8. The Kier molecular flexibility index (Phi) is 3.64. The van der Waals surface area contributed by atoms with Gasteiger partial charge in [-0.3, -0.25) is 0 Å². The van der Waals surface area contributed by atoms with Crippen molar-refractivity contribution in [1.29, 1.82) is 0 Å². The fourth-order valence-electron chi connectivity index (χ4n) is 1.94. The number of hydrogen-bond acceptors (Lipinski definition) is 2. The van der Waals surface area contributed by atoms with Crippen LogP contribution in [0.2, 0.25) is 0 Å². The Morgan fingerprint density at radius 1 is 1.26 bits per heavy atom. The van der Waals surface area contributed by atoms with Crippen molar-refractivity contribution < 1.29 is 13.2 Å². The Bertz CT molecular complexity index is 591. The third-order valence-corrected chi connectivity index (χ3v) is 2.90. The highest BCUT2D eigenvalue weighted by molar-refractivity contribution is 5.93. The predicted octanol–water partition coefficient (Wildman–Crippen LogP) is 4.38. The van der Waals surface area contributed by atoms with Crippen LogP contribution in [0.1, 0.15) is 24.6 Å². The van der Waals surface area contributed by atoms with Crippen LogP contribution in [-0.4, -0.2) is 11.5 Å². The summed E-state index contributed by atoms with van der Waals surface area (Å²) < 4.78 is 38.6. The van der Waals surface area contributed by atoms with E-state index in [2.05, 4.69) is 10.3 Å². The number of benzene rings is 1. The van der Waals surface area contributed by atoms with E-state index in [1.54, 1.807) is 19.1 Å². The van der Waals surface area contributed by atoms with Gasteiger partial charge in [-0.15, -0.1) is 0 Å². The molecule has 5 heteroatoms. The van der Waals surface area contributed by atoms with Crippen molar-refractivity contribution >= 4 is 16.6 Å². The maximum absolute atomic E-state index is 12.9. The fourth-order valence-corrected chi connectivity index (χ4v) is 1.94. The van der Waals surface area contributed by atoms with E-state index in [0.29, 0.717) is 17.7 Å². The molecule has 2 aromatic rings. The second-order valence-electron chi connectivity index (χ2n) is 4.45. The number of anilines is 1. The van der Waals surface area contributed by atoms with Crippen LogP contribution in [0.4, 0.5) is 18.9 Å². The topological polar surface area (TPSA) is 24.9 Å². The van der Waals surface area contributed by atoms with E-state index in [-0.39, 0.29) is 0 Å². The molecule has 0 bridgehead atoms. The quantitative estimate of drug-likeness (QED) is 0.893. The summed E-state index contributed by atoms with van der Waals surface area (Å²) in [7, 11) is 0. The summed E-state index contributed by atoms with van der Waals surface area (Å²) in [6.45, 7) is 4.36. The van der Waals surface area contributed by atoms with Crippen LogP contribution < -0.4 is 5.32 Å². The van der Waals surface area contributed by atoms with Crippen molar-refractivity contribution in [3.8, 4) is 0 Å². The maximum atomic E-state index is 12.9. The highest BCUT2D eigenvalue weighted by atomic mass is 19.4. The molecule has 0 aliphatic heterocycles. The third-order valence-electron chi connectivity index (χ3n) is 2.90. The van der Waals surface area contributed by atoms with Crippen molar-refractivity contribution in [2.75, 3.05) is 11.9 Å². The van der Waals surface area contributed by atoms with Gasteiger partial charge < -0.3 is 5.32 Å². The molecule has 0 aliphatic carbocycles. The molecule has 0 atom stereocenters. The number of para-hydroxylation sites is 1. The first-order valence-corrected chi connectivity index (χ1v) is 6.15. The van der Waals surface area contributed by atoms with Crippen molar-refractivity contribution in [2.45, 2.75) is 26.4 Å². The normalized spacial score (nSPS) is 11.8. The van der Waals surface area contributed by atoms with Gasteiger partial charge in [-0.25, -0.2) is 4.98 Å². The van der Waals surface area contributed by atoms with E-state index in [1.165, 1.54) is 0 Å². The van der Waals surface area contributed by atoms with Gasteiger partial charge in [0.1, 0.15) is 5.69 Å². The Morgan fingerprint density at radius 3 is 2.63 bits per heavy atom. The van der Waals surface area contributed by atoms with Crippen LogP contribution in [0.25, 0.3) is 10.9 Å². The largest absolute Gasteiger partial charge is 0.433 e. The number of pyridine rings is 1. The number of nitrogens with zero attached hydrogens (tertiary/aromatic N) is 1. The van der Waals surface area contributed by atoms with Crippen molar-refractivity contribution in [3.63, 3.8) is 0 Å². The molecular weight excluding hydrogens is 253 g/mol. The van der Waals surface area contributed by atoms with E-state index in [0.717, 1.165) is 23.4 Å². The first kappa shape index (κ1) is 13.6. The average Bonchev–Trinajstić information content (AvgIpc) is 2.35. The number of nitrogens with one attached hydrogen (secondary N) is 1. The smallest absolute Gasteiger partial charge is 0.384 e. The Labute approximate surface area is 109 Å². The van der Waals surface area contributed by atoms with Gasteiger partial charge in [0.15, 0.2) is 0 Å². The third kappa shape index (κ3) is 2.80. The van der Waals surface area contributed by atoms with E-state index < -0.39 is 11.9 Å². The molecule has 0 radical (unpaired) electrons. The summed E-state index contributed by atoms with van der Waals surface area (Å²) in [5.74, 6) is 0. The highest BCUT2D eigenvalue weighted by Crippen LogP contribution is 2.33. The van der Waals surface area contributed by atoms with Crippen LogP contribution in [0, 0.1) is 6.92 Å². The van der Waals surface area contributed by atoms with Gasteiger partial charge in [0.25, 0.3) is 0 Å². The molecule has 102 valence electrons. The van der Waals surface area contributed by atoms with Gasteiger partial charge in [-0.05, 0) is 25.0 Å². The van der Waals surface area contributed by atoms with Crippen LogP contribution in [0.3, 0.4) is 0 Å². The van der Waals surface area contributed by atoms with Crippen LogP contribution in [0.15, 0.2) is 24.3 Å². The summed E-state index contributed by atoms with van der Waals surface area (Å²) in [6, 6.07) is 6.45. The molecule has 0 amide bonds. The molecule has 0 saturated carbocycles. The second-order valence-corrected chi connectivity index (χ2v) is 4.45. The SMILES string of the molecule is CCCNc1cc(C(F)(F)F)nc2c(C)cccc12. The van der Waals surface area contributed by atoms with Crippen LogP contribution in [-0.2, 0) is 6.18 Å². The van der Waals surface area contributed by atoms with E-state index in [4.69, 9.17) is 0 Å². The number of aromatic nitrogens is 1. The van der Waals surface area contributed by atoms with Gasteiger partial charge in [0.2, 0.25) is 0 Å². The molecule has 0 saturated heterocycles. The minimum atomic E-state index is -4.43. The molecule has 1 heterocycles. The highest BCUT2D eigenvalue weighted by Gasteiger charge is 2.33. The first-order valence-electron chi connectivity index (χ1n) is 6.15. The first-order chi connectivity index (χ1) is 8.93. The molecule has 2 rings (SSSR count). The second kappa shape index (κ2) is 5.07. The Balaban J connectivity index is 2.66. The molecule has 1 aromatic carbocycles. The maximum Gasteiger partial charge on any atom is 0.433 e. The number of alkyl halides is 3. The fraction of sp³-hybridized carbons (Fsp3) is 0.357. The number of hydrogen-bond donors (Lipinski definition) is 1. The van der Waals surface area contributed by atoms with Crippen molar-refractivity contribution in [3.05, 3.63) is 35.5 Å². The van der Waals surface area contributed by atoms with Gasteiger partial charge >= 0.3 is 6.18 Å². The van der Waals surface area contributed by atoms with Gasteiger partial charge in [-0.2, -0.15) is 13.2 Å². The Morgan fingerprint density at radius 2 is 2.00 bits per heavy atom. The molecule has 0 fully saturated rings. The number of aryl methyl sites for hydroxylation is 1. The summed E-state index contributed by atoms with van der Waals surface area (Å²) in [5.41, 5.74) is 0.773. The lowest BCUT2D eigenvalue weighted by Crippen LogP contribution is -2.10. The average molecular weight is 268 g/mol. The molecule has 19 heavy (non-hydrogen) atoms. The summed E-state index contributed by atoms with van der Waals surface area (Å²) in [4.78, 5) is 3.75. The lowest BCUT2D eigenvalue weighted by Gasteiger charge is -2.14. The van der Waals surface area contributed by atoms with Gasteiger partial charge in [0.05, 0.1) is 5.52 Å². The van der Waals surface area contributed by atoms with E-state index >= 15 is 0 Å². The zero-order valence-corrected chi connectivity index (χ0v) is 10.8. The van der Waals surface area contributed by atoms with Crippen LogP contribution in [0.5, 0.6) is 0 Å². The molecule has 0 unspecified atom stereocenters. The number of halogens is 3. The molecule has 0 spiro atoms. The molecule has 1 aromatic heterocycles. The minimum absolute atomic E-state index is 0.399. The van der Waals surface area contributed by atoms with Crippen LogP contribution >= 0.6 is 0 Å². The summed E-state index contributed by atoms with van der Waals surface area (Å²) in [5, 5.41) is 3.76. The Hall–Kier alpha value is -1.78. The lowest BCUT2D eigenvalue weighted by atomic mass is 10.1. The number of fused-ring (bicyclic) bond motifs is 1. The molecule has 2 nitrogen and oxygen atoms in total. The summed E-state index contributed by atoms with van der Waals surface area (Å²) >= 11 is 0. The standard InChI is InChI=1S/C14H15F3N2/c1-3-7-18-11-8-12(14(15,16)17)19-13-9(2)5-4-6-10(11)13/h4-6,8H,3,7H2,1-2H3,(H,18,19). The molecule has 0 aliphatic rings. The lowest BCUT2D eigenvalue weighted by molar-refractivity contribution is -0.140. The van der Waals surface area contributed by atoms with E-state index in [1.807, 2.05) is 13.0 Å². The van der Waals surface area contributed by atoms with Crippen molar-refractivity contribution in [1.82, 2.24) is 4.98 Å². The van der Waals surface area contributed by atoms with Gasteiger partial charge in [-0.1, -0.05) is 25.1 Å². The monoisotopic (exact) mass is 268 g/mol. The zero-order chi connectivity index (χ0) is 14.0. The van der Waals surface area contributed by atoms with Gasteiger partial charge in [0, 0.05) is 17.6 Å².